The van der Waals surface area contributed by atoms with E-state index in [1.807, 2.05) is 13.0 Å². The quantitative estimate of drug-likeness (QED) is 0.547. The van der Waals surface area contributed by atoms with Crippen molar-refractivity contribution in [2.45, 2.75) is 32.9 Å². The standard InChI is InChI=1S/C18H18F3N3O4/c1-10-7-12(16-22-17(28-24-16)18(19,20)21)9-14(25-3)15(10)26-6-4-5-13-8-11(2)23-27-13/h7-9H,4-6H2,1-3H3. The summed E-state index contributed by atoms with van der Waals surface area (Å²) < 4.78 is 58.5. The summed E-state index contributed by atoms with van der Waals surface area (Å²) in [7, 11) is 1.44. The second-order valence-electron chi connectivity index (χ2n) is 6.13. The minimum atomic E-state index is -4.70. The zero-order valence-electron chi connectivity index (χ0n) is 15.5. The maximum absolute atomic E-state index is 12.7. The van der Waals surface area contributed by atoms with Crippen LogP contribution in [0.2, 0.25) is 0 Å². The lowest BCUT2D eigenvalue weighted by Crippen LogP contribution is -2.05. The zero-order valence-corrected chi connectivity index (χ0v) is 15.5. The number of hydrogen-bond acceptors (Lipinski definition) is 7. The minimum Gasteiger partial charge on any atom is -0.493 e. The van der Waals surface area contributed by atoms with E-state index in [1.54, 1.807) is 13.0 Å². The number of nitrogens with zero attached hydrogens (tertiary/aromatic N) is 3. The summed E-state index contributed by atoms with van der Waals surface area (Å²) in [6.45, 7) is 4.00. The molecule has 0 aliphatic heterocycles. The monoisotopic (exact) mass is 397 g/mol. The van der Waals surface area contributed by atoms with Crippen molar-refractivity contribution in [1.29, 1.82) is 0 Å². The topological polar surface area (TPSA) is 83.4 Å². The molecule has 150 valence electrons. The van der Waals surface area contributed by atoms with Crippen LogP contribution in [0.1, 0.15) is 29.3 Å². The van der Waals surface area contributed by atoms with Crippen molar-refractivity contribution in [1.82, 2.24) is 15.3 Å². The van der Waals surface area contributed by atoms with E-state index in [4.69, 9.17) is 14.0 Å². The Balaban J connectivity index is 1.71. The molecule has 0 spiro atoms. The van der Waals surface area contributed by atoms with E-state index >= 15 is 0 Å². The van der Waals surface area contributed by atoms with Gasteiger partial charge in [0, 0.05) is 18.1 Å². The Labute approximate surface area is 158 Å². The van der Waals surface area contributed by atoms with Crippen LogP contribution in [0, 0.1) is 13.8 Å². The summed E-state index contributed by atoms with van der Waals surface area (Å²) in [5.41, 5.74) is 1.82. The fourth-order valence-corrected chi connectivity index (χ4v) is 2.62. The molecule has 0 saturated carbocycles. The Morgan fingerprint density at radius 2 is 1.86 bits per heavy atom. The molecule has 0 radical (unpaired) electrons. The van der Waals surface area contributed by atoms with E-state index in [-0.39, 0.29) is 5.82 Å². The zero-order chi connectivity index (χ0) is 20.3. The molecule has 7 nitrogen and oxygen atoms in total. The second kappa shape index (κ2) is 7.91. The summed E-state index contributed by atoms with van der Waals surface area (Å²) in [5.74, 6) is 0.0594. The predicted octanol–water partition coefficient (Wildman–Crippen LogP) is 4.38. The lowest BCUT2D eigenvalue weighted by molar-refractivity contribution is -0.159. The number of hydrogen-bond donors (Lipinski definition) is 0. The molecule has 3 aromatic rings. The molecule has 0 aliphatic carbocycles. The SMILES string of the molecule is COc1cc(-c2noc(C(F)(F)F)n2)cc(C)c1OCCCc1cc(C)no1. The van der Waals surface area contributed by atoms with Crippen LogP contribution in [0.15, 0.2) is 27.2 Å². The first kappa shape index (κ1) is 19.7. The average molecular weight is 397 g/mol. The molecule has 28 heavy (non-hydrogen) atoms. The lowest BCUT2D eigenvalue weighted by Gasteiger charge is -2.14. The number of benzene rings is 1. The number of rotatable bonds is 7. The van der Waals surface area contributed by atoms with E-state index in [9.17, 15) is 13.2 Å². The van der Waals surface area contributed by atoms with Gasteiger partial charge in [0.2, 0.25) is 5.82 Å². The van der Waals surface area contributed by atoms with Gasteiger partial charge in [0.05, 0.1) is 19.4 Å². The molecule has 0 saturated heterocycles. The molecule has 3 rings (SSSR count). The van der Waals surface area contributed by atoms with Gasteiger partial charge in [-0.05, 0) is 38.0 Å². The lowest BCUT2D eigenvalue weighted by atomic mass is 10.1. The molecular weight excluding hydrogens is 379 g/mol. The average Bonchev–Trinajstić information content (AvgIpc) is 3.28. The second-order valence-corrected chi connectivity index (χ2v) is 6.13. The number of halogens is 3. The normalized spacial score (nSPS) is 11.6. The van der Waals surface area contributed by atoms with E-state index < -0.39 is 12.1 Å². The fourth-order valence-electron chi connectivity index (χ4n) is 2.62. The van der Waals surface area contributed by atoms with Crippen molar-refractivity contribution in [2.24, 2.45) is 0 Å². The summed E-state index contributed by atoms with van der Waals surface area (Å²) in [4.78, 5) is 3.39. The van der Waals surface area contributed by atoms with E-state index in [1.165, 1.54) is 13.2 Å². The van der Waals surface area contributed by atoms with Crippen LogP contribution in [0.5, 0.6) is 11.5 Å². The van der Waals surface area contributed by atoms with Gasteiger partial charge in [-0.3, -0.25) is 0 Å². The van der Waals surface area contributed by atoms with Crippen molar-refractivity contribution >= 4 is 0 Å². The first-order valence-corrected chi connectivity index (χ1v) is 8.43. The van der Waals surface area contributed by atoms with Crippen LogP contribution < -0.4 is 9.47 Å². The van der Waals surface area contributed by atoms with Gasteiger partial charge in [0.1, 0.15) is 5.76 Å². The van der Waals surface area contributed by atoms with Gasteiger partial charge in [0.25, 0.3) is 0 Å². The summed E-state index contributed by atoms with van der Waals surface area (Å²) in [6.07, 6.45) is -3.34. The Kier molecular flexibility index (Phi) is 5.57. The fraction of sp³-hybridized carbons (Fsp3) is 0.389. The molecule has 0 atom stereocenters. The number of aromatic nitrogens is 3. The molecule has 0 N–H and O–H groups in total. The molecule has 0 amide bonds. The maximum atomic E-state index is 12.7. The van der Waals surface area contributed by atoms with Crippen LogP contribution in [0.4, 0.5) is 13.2 Å². The van der Waals surface area contributed by atoms with Crippen LogP contribution in [0.25, 0.3) is 11.4 Å². The highest BCUT2D eigenvalue weighted by molar-refractivity contribution is 5.63. The summed E-state index contributed by atoms with van der Waals surface area (Å²) in [6, 6.07) is 4.98. The van der Waals surface area contributed by atoms with Crippen molar-refractivity contribution < 1.29 is 31.7 Å². The van der Waals surface area contributed by atoms with Crippen LogP contribution in [-0.4, -0.2) is 29.0 Å². The van der Waals surface area contributed by atoms with Gasteiger partial charge < -0.3 is 18.5 Å². The van der Waals surface area contributed by atoms with Gasteiger partial charge in [-0.15, -0.1) is 0 Å². The number of methoxy groups -OCH3 is 1. The molecule has 1 aromatic carbocycles. The Morgan fingerprint density at radius 1 is 1.07 bits per heavy atom. The molecule has 10 heteroatoms. The van der Waals surface area contributed by atoms with Crippen molar-refractivity contribution in [3.63, 3.8) is 0 Å². The van der Waals surface area contributed by atoms with E-state index in [0.29, 0.717) is 42.1 Å². The van der Waals surface area contributed by atoms with Crippen LogP contribution in [-0.2, 0) is 12.6 Å². The molecular formula is C18H18F3N3O4. The minimum absolute atomic E-state index is 0.180. The third-order valence-electron chi connectivity index (χ3n) is 3.88. The highest BCUT2D eigenvalue weighted by atomic mass is 19.4. The Morgan fingerprint density at radius 3 is 2.46 bits per heavy atom. The molecule has 0 bridgehead atoms. The van der Waals surface area contributed by atoms with Gasteiger partial charge >= 0.3 is 12.1 Å². The first-order valence-electron chi connectivity index (χ1n) is 8.43. The molecule has 0 aliphatic rings. The maximum Gasteiger partial charge on any atom is 0.471 e. The van der Waals surface area contributed by atoms with Crippen molar-refractivity contribution in [3.8, 4) is 22.9 Å². The number of aryl methyl sites for hydroxylation is 3. The van der Waals surface area contributed by atoms with Crippen molar-refractivity contribution in [3.05, 3.63) is 41.1 Å². The smallest absolute Gasteiger partial charge is 0.471 e. The highest BCUT2D eigenvalue weighted by Gasteiger charge is 2.38. The first-order chi connectivity index (χ1) is 13.3. The summed E-state index contributed by atoms with van der Waals surface area (Å²) >= 11 is 0. The third-order valence-corrected chi connectivity index (χ3v) is 3.88. The highest BCUT2D eigenvalue weighted by Crippen LogP contribution is 2.36. The molecule has 0 fully saturated rings. The molecule has 0 unspecified atom stereocenters. The Hall–Kier alpha value is -3.04. The summed E-state index contributed by atoms with van der Waals surface area (Å²) in [5, 5.41) is 7.22. The van der Waals surface area contributed by atoms with E-state index in [2.05, 4.69) is 19.8 Å². The number of alkyl halides is 3. The third kappa shape index (κ3) is 4.44. The van der Waals surface area contributed by atoms with Crippen molar-refractivity contribution in [2.75, 3.05) is 13.7 Å². The molecule has 2 aromatic heterocycles. The largest absolute Gasteiger partial charge is 0.493 e. The molecule has 2 heterocycles. The van der Waals surface area contributed by atoms with Gasteiger partial charge in [-0.25, -0.2) is 0 Å². The van der Waals surface area contributed by atoms with E-state index in [0.717, 1.165) is 11.5 Å². The van der Waals surface area contributed by atoms with Gasteiger partial charge in [0.15, 0.2) is 11.5 Å². The van der Waals surface area contributed by atoms with Crippen LogP contribution in [0.3, 0.4) is 0 Å². The van der Waals surface area contributed by atoms with Gasteiger partial charge in [-0.1, -0.05) is 10.3 Å². The Bertz CT molecular complexity index is 950. The van der Waals surface area contributed by atoms with Gasteiger partial charge in [-0.2, -0.15) is 18.2 Å². The number of ether oxygens (including phenoxy) is 2. The predicted molar refractivity (Wildman–Crippen MR) is 91.1 cm³/mol. The van der Waals surface area contributed by atoms with Crippen LogP contribution >= 0.6 is 0 Å².